The number of fused-ring (bicyclic) bond motifs is 1. The first-order valence-electron chi connectivity index (χ1n) is 11.5. The molecule has 3 aromatic carbocycles. The maximum Gasteiger partial charge on any atom is 0.338 e. The number of esters is 2. The van der Waals surface area contributed by atoms with Crippen molar-refractivity contribution in [3.05, 3.63) is 77.9 Å². The Morgan fingerprint density at radius 2 is 1.61 bits per heavy atom. The summed E-state index contributed by atoms with van der Waals surface area (Å²) in [6.07, 6.45) is -8.67. The Labute approximate surface area is 207 Å². The molecule has 1 heterocycles. The number of aliphatic hydroxyl groups excluding tert-OH is 3. The summed E-state index contributed by atoms with van der Waals surface area (Å²) in [6, 6.07) is 19.9. The van der Waals surface area contributed by atoms with Crippen molar-refractivity contribution in [3.63, 3.8) is 0 Å². The number of benzene rings is 3. The summed E-state index contributed by atoms with van der Waals surface area (Å²) in [5.74, 6) is -1.74. The second-order valence-corrected chi connectivity index (χ2v) is 8.62. The first kappa shape index (κ1) is 25.6. The quantitative estimate of drug-likeness (QED) is 0.421. The fraction of sp³-hybridized carbons (Fsp3) is 0.333. The Balaban J connectivity index is 1.43. The molecular weight excluding hydrogens is 468 g/mol. The molecule has 9 nitrogen and oxygen atoms in total. The number of carbonyl (C=O) groups excluding carboxylic acids is 2. The van der Waals surface area contributed by atoms with E-state index in [-0.39, 0.29) is 6.61 Å². The molecule has 36 heavy (non-hydrogen) atoms. The highest BCUT2D eigenvalue weighted by Gasteiger charge is 2.49. The highest BCUT2D eigenvalue weighted by atomic mass is 16.7. The number of rotatable bonds is 7. The predicted molar refractivity (Wildman–Crippen MR) is 128 cm³/mol. The minimum atomic E-state index is -1.79. The van der Waals surface area contributed by atoms with Gasteiger partial charge in [-0.1, -0.05) is 54.6 Å². The first-order chi connectivity index (χ1) is 17.3. The van der Waals surface area contributed by atoms with Gasteiger partial charge in [0.05, 0.1) is 13.0 Å². The lowest BCUT2D eigenvalue weighted by Crippen LogP contribution is -2.61. The van der Waals surface area contributed by atoms with Crippen molar-refractivity contribution in [3.8, 4) is 5.75 Å². The largest absolute Gasteiger partial charge is 0.497 e. The fourth-order valence-corrected chi connectivity index (χ4v) is 3.94. The first-order valence-corrected chi connectivity index (χ1v) is 11.5. The van der Waals surface area contributed by atoms with Crippen molar-refractivity contribution >= 4 is 22.7 Å². The van der Waals surface area contributed by atoms with E-state index in [1.165, 1.54) is 0 Å². The van der Waals surface area contributed by atoms with Gasteiger partial charge in [0, 0.05) is 0 Å². The van der Waals surface area contributed by atoms with E-state index in [0.29, 0.717) is 16.9 Å². The van der Waals surface area contributed by atoms with E-state index in [4.69, 9.17) is 18.9 Å². The number of hydrogen-bond donors (Lipinski definition) is 3. The second kappa shape index (κ2) is 11.0. The van der Waals surface area contributed by atoms with Crippen molar-refractivity contribution in [1.82, 2.24) is 0 Å². The molecule has 0 bridgehead atoms. The Bertz CT molecular complexity index is 1210. The Morgan fingerprint density at radius 1 is 0.917 bits per heavy atom. The van der Waals surface area contributed by atoms with E-state index < -0.39 is 48.6 Å². The van der Waals surface area contributed by atoms with Gasteiger partial charge in [-0.15, -0.1) is 0 Å². The van der Waals surface area contributed by atoms with Crippen LogP contribution >= 0.6 is 0 Å². The number of methoxy groups -OCH3 is 1. The predicted octanol–water partition coefficient (Wildman–Crippen LogP) is 2.05. The van der Waals surface area contributed by atoms with Gasteiger partial charge in [0.2, 0.25) is 6.29 Å². The molecule has 1 saturated heterocycles. The van der Waals surface area contributed by atoms with Crippen molar-refractivity contribution < 1.29 is 43.9 Å². The van der Waals surface area contributed by atoms with Crippen LogP contribution in [-0.2, 0) is 30.4 Å². The summed E-state index contributed by atoms with van der Waals surface area (Å²) in [5.41, 5.74) is 1.37. The molecule has 0 aromatic heterocycles. The van der Waals surface area contributed by atoms with Crippen molar-refractivity contribution in [2.45, 2.75) is 50.2 Å². The van der Waals surface area contributed by atoms with E-state index in [9.17, 15) is 24.9 Å². The fourth-order valence-electron chi connectivity index (χ4n) is 3.94. The molecule has 4 rings (SSSR count). The summed E-state index contributed by atoms with van der Waals surface area (Å²) in [5, 5.41) is 32.7. The molecule has 190 valence electrons. The van der Waals surface area contributed by atoms with E-state index in [1.807, 2.05) is 36.4 Å². The van der Waals surface area contributed by atoms with Crippen LogP contribution in [0.3, 0.4) is 0 Å². The van der Waals surface area contributed by atoms with Crippen LogP contribution in [0.2, 0.25) is 0 Å². The molecule has 0 amide bonds. The van der Waals surface area contributed by atoms with E-state index in [2.05, 4.69) is 0 Å². The molecule has 5 unspecified atom stereocenters. The third-order valence-corrected chi connectivity index (χ3v) is 6.18. The Morgan fingerprint density at radius 3 is 2.33 bits per heavy atom. The molecular formula is C27H28O9. The molecule has 0 saturated carbocycles. The average molecular weight is 497 g/mol. The Hall–Kier alpha value is -3.50. The minimum Gasteiger partial charge on any atom is -0.497 e. The third-order valence-electron chi connectivity index (χ3n) is 6.18. The summed E-state index contributed by atoms with van der Waals surface area (Å²) < 4.78 is 21.1. The number of ether oxygens (including phenoxy) is 4. The monoisotopic (exact) mass is 496 g/mol. The lowest BCUT2D eigenvalue weighted by atomic mass is 9.97. The highest BCUT2D eigenvalue weighted by molar-refractivity contribution is 5.87. The van der Waals surface area contributed by atoms with Gasteiger partial charge >= 0.3 is 11.9 Å². The van der Waals surface area contributed by atoms with E-state index >= 15 is 0 Å². The molecule has 1 fully saturated rings. The molecule has 3 N–H and O–H groups in total. The zero-order valence-electron chi connectivity index (χ0n) is 19.8. The van der Waals surface area contributed by atoms with Crippen molar-refractivity contribution in [1.29, 1.82) is 0 Å². The maximum absolute atomic E-state index is 12.9. The molecule has 1 aliphatic heterocycles. The van der Waals surface area contributed by atoms with E-state index in [1.54, 1.807) is 44.4 Å². The number of hydrogen-bond acceptors (Lipinski definition) is 9. The summed E-state index contributed by atoms with van der Waals surface area (Å²) in [7, 11) is 1.58. The van der Waals surface area contributed by atoms with Crippen LogP contribution in [0.4, 0.5) is 0 Å². The lowest BCUT2D eigenvalue weighted by molar-refractivity contribution is -0.288. The van der Waals surface area contributed by atoms with Crippen LogP contribution in [-0.4, -0.2) is 65.1 Å². The second-order valence-electron chi connectivity index (χ2n) is 8.62. The molecule has 6 atom stereocenters. The molecule has 1 aliphatic rings. The normalized spacial score (nSPS) is 24.6. The van der Waals surface area contributed by atoms with E-state index in [0.717, 1.165) is 10.8 Å². The van der Waals surface area contributed by atoms with Crippen LogP contribution < -0.4 is 4.74 Å². The molecule has 9 heteroatoms. The van der Waals surface area contributed by atoms with Gasteiger partial charge in [-0.2, -0.15) is 0 Å². The van der Waals surface area contributed by atoms with Crippen LogP contribution in [0.1, 0.15) is 24.0 Å². The van der Waals surface area contributed by atoms with Crippen molar-refractivity contribution in [2.24, 2.45) is 0 Å². The van der Waals surface area contributed by atoms with Crippen LogP contribution in [0.25, 0.3) is 10.8 Å². The average Bonchev–Trinajstić information content (AvgIpc) is 2.91. The van der Waals surface area contributed by atoms with Gasteiger partial charge < -0.3 is 34.3 Å². The summed E-state index contributed by atoms with van der Waals surface area (Å²) >= 11 is 0. The Kier molecular flexibility index (Phi) is 7.85. The molecule has 0 spiro atoms. The number of aliphatic hydroxyl groups is 3. The molecule has 0 radical (unpaired) electrons. The summed E-state index contributed by atoms with van der Waals surface area (Å²) in [6.45, 7) is 1.54. The molecule has 0 aliphatic carbocycles. The standard InChI is InChI=1S/C27H28O9/c1-15(17-8-9-19-13-20(33-2)11-10-18(19)12-17)25(31)36-27-23(30)21(28)22(29)24(35-27)26(32)34-14-16-6-4-3-5-7-16/h3-13,15,21-24,27-30H,14H2,1-2H3/t15-,21?,22?,23?,24?,27?/m0/s1. The van der Waals surface area contributed by atoms with Crippen LogP contribution in [0.15, 0.2) is 66.7 Å². The lowest BCUT2D eigenvalue weighted by Gasteiger charge is -2.38. The van der Waals surface area contributed by atoms with Gasteiger partial charge in [0.25, 0.3) is 0 Å². The van der Waals surface area contributed by atoms with Gasteiger partial charge in [-0.05, 0) is 41.0 Å². The van der Waals surface area contributed by atoms with Gasteiger partial charge in [0.15, 0.2) is 6.10 Å². The SMILES string of the molecule is COc1ccc2cc([C@H](C)C(=O)OC3OC(C(=O)OCc4ccccc4)C(O)C(O)C3O)ccc2c1. The van der Waals surface area contributed by atoms with Crippen LogP contribution in [0.5, 0.6) is 5.75 Å². The topological polar surface area (TPSA) is 132 Å². The molecule has 3 aromatic rings. The zero-order valence-corrected chi connectivity index (χ0v) is 19.8. The maximum atomic E-state index is 12.9. The van der Waals surface area contributed by atoms with Gasteiger partial charge in [-0.3, -0.25) is 4.79 Å². The van der Waals surface area contributed by atoms with Crippen LogP contribution in [0, 0.1) is 0 Å². The van der Waals surface area contributed by atoms with Crippen molar-refractivity contribution in [2.75, 3.05) is 7.11 Å². The summed E-state index contributed by atoms with van der Waals surface area (Å²) in [4.78, 5) is 25.4. The number of carbonyl (C=O) groups is 2. The van der Waals surface area contributed by atoms with Gasteiger partial charge in [0.1, 0.15) is 30.7 Å². The van der Waals surface area contributed by atoms with Gasteiger partial charge in [-0.25, -0.2) is 4.79 Å². The third kappa shape index (κ3) is 5.50. The minimum absolute atomic E-state index is 0.0831. The smallest absolute Gasteiger partial charge is 0.338 e. The highest BCUT2D eigenvalue weighted by Crippen LogP contribution is 2.28. The zero-order chi connectivity index (χ0) is 25.8.